The highest BCUT2D eigenvalue weighted by Crippen LogP contribution is 2.33. The Bertz CT molecular complexity index is 1020. The third kappa shape index (κ3) is 4.59. The number of amides is 1. The van der Waals surface area contributed by atoms with Crippen LogP contribution in [0.2, 0.25) is 0 Å². The third-order valence-electron chi connectivity index (χ3n) is 6.21. The number of ether oxygens (including phenoxy) is 1. The van der Waals surface area contributed by atoms with Gasteiger partial charge in [0.25, 0.3) is 5.91 Å². The fraction of sp³-hybridized carbons (Fsp3) is 0.417. The van der Waals surface area contributed by atoms with E-state index in [1.807, 2.05) is 47.4 Å². The van der Waals surface area contributed by atoms with E-state index in [-0.39, 0.29) is 12.5 Å². The number of aromatic nitrogens is 3. The van der Waals surface area contributed by atoms with Crippen molar-refractivity contribution in [2.75, 3.05) is 37.7 Å². The molecule has 2 aliphatic rings. The summed E-state index contributed by atoms with van der Waals surface area (Å²) in [6.07, 6.45) is 6.52. The monoisotopic (exact) mass is 433 g/mol. The Hall–Kier alpha value is -3.42. The summed E-state index contributed by atoms with van der Waals surface area (Å²) in [6.45, 7) is 2.82. The fourth-order valence-corrected chi connectivity index (χ4v) is 4.33. The Morgan fingerprint density at radius 2 is 1.81 bits per heavy atom. The van der Waals surface area contributed by atoms with Crippen LogP contribution < -0.4 is 9.64 Å². The van der Waals surface area contributed by atoms with Crippen LogP contribution in [0.25, 0.3) is 11.4 Å². The van der Waals surface area contributed by atoms with Crippen molar-refractivity contribution < 1.29 is 14.1 Å². The molecule has 2 aromatic heterocycles. The lowest BCUT2D eigenvalue weighted by Crippen LogP contribution is -2.50. The predicted octanol–water partition coefficient (Wildman–Crippen LogP) is 3.52. The maximum absolute atomic E-state index is 12.5. The highest BCUT2D eigenvalue weighted by atomic mass is 16.5. The van der Waals surface area contributed by atoms with Crippen molar-refractivity contribution in [1.82, 2.24) is 20.0 Å². The molecular formula is C24H27N5O3. The molecule has 1 saturated heterocycles. The first-order valence-corrected chi connectivity index (χ1v) is 11.3. The second-order valence-electron chi connectivity index (χ2n) is 8.31. The van der Waals surface area contributed by atoms with Gasteiger partial charge in [-0.3, -0.25) is 4.79 Å². The fourth-order valence-electron chi connectivity index (χ4n) is 4.33. The van der Waals surface area contributed by atoms with Crippen molar-refractivity contribution in [2.24, 2.45) is 0 Å². The third-order valence-corrected chi connectivity index (χ3v) is 6.21. The van der Waals surface area contributed by atoms with Crippen molar-refractivity contribution >= 4 is 11.7 Å². The smallest absolute Gasteiger partial charge is 0.260 e. The highest BCUT2D eigenvalue weighted by molar-refractivity contribution is 5.78. The molecule has 5 rings (SSSR count). The van der Waals surface area contributed by atoms with E-state index in [2.05, 4.69) is 20.0 Å². The normalized spacial score (nSPS) is 17.0. The Morgan fingerprint density at radius 1 is 1.03 bits per heavy atom. The number of para-hydroxylation sites is 1. The van der Waals surface area contributed by atoms with Crippen LogP contribution in [0.5, 0.6) is 5.75 Å². The molecule has 0 unspecified atom stereocenters. The molecule has 1 amide bonds. The van der Waals surface area contributed by atoms with Crippen LogP contribution in [0.15, 0.2) is 53.2 Å². The Morgan fingerprint density at radius 3 is 2.53 bits per heavy atom. The standard InChI is InChI=1S/C24H27N5O3/c30-22(17-31-20-8-2-1-3-9-20)29-14-12-28(13-15-29)21-11-10-19(16-25-21)23-26-24(32-27-23)18-6-4-5-7-18/h1-3,8-11,16,18H,4-7,12-15,17H2. The molecular weight excluding hydrogens is 406 g/mol. The summed E-state index contributed by atoms with van der Waals surface area (Å²) in [6, 6.07) is 13.4. The maximum atomic E-state index is 12.5. The molecule has 166 valence electrons. The number of carbonyl (C=O) groups is 1. The zero-order valence-electron chi connectivity index (χ0n) is 18.0. The van der Waals surface area contributed by atoms with Gasteiger partial charge in [0, 0.05) is 43.9 Å². The lowest BCUT2D eigenvalue weighted by molar-refractivity contribution is -0.133. The Kier molecular flexibility index (Phi) is 6.00. The number of hydrogen-bond donors (Lipinski definition) is 0. The van der Waals surface area contributed by atoms with Crippen LogP contribution in [0.4, 0.5) is 5.82 Å². The van der Waals surface area contributed by atoms with Crippen LogP contribution in [0.1, 0.15) is 37.5 Å². The molecule has 1 saturated carbocycles. The molecule has 0 bridgehead atoms. The lowest BCUT2D eigenvalue weighted by atomic mass is 10.1. The van der Waals surface area contributed by atoms with Crippen LogP contribution in [-0.4, -0.2) is 58.7 Å². The minimum absolute atomic E-state index is 0.00647. The van der Waals surface area contributed by atoms with Crippen LogP contribution >= 0.6 is 0 Å². The first-order chi connectivity index (χ1) is 15.8. The first kappa shape index (κ1) is 20.5. The van der Waals surface area contributed by atoms with Gasteiger partial charge in [-0.25, -0.2) is 4.98 Å². The maximum Gasteiger partial charge on any atom is 0.260 e. The number of nitrogens with zero attached hydrogens (tertiary/aromatic N) is 5. The average Bonchev–Trinajstić information content (AvgIpc) is 3.56. The number of piperazine rings is 1. The molecule has 1 aliphatic carbocycles. The van der Waals surface area contributed by atoms with Gasteiger partial charge in [0.1, 0.15) is 11.6 Å². The molecule has 0 radical (unpaired) electrons. The lowest BCUT2D eigenvalue weighted by Gasteiger charge is -2.35. The summed E-state index contributed by atoms with van der Waals surface area (Å²) in [7, 11) is 0. The molecule has 2 fully saturated rings. The summed E-state index contributed by atoms with van der Waals surface area (Å²) in [5, 5.41) is 4.15. The van der Waals surface area contributed by atoms with E-state index >= 15 is 0 Å². The van der Waals surface area contributed by atoms with E-state index < -0.39 is 0 Å². The summed E-state index contributed by atoms with van der Waals surface area (Å²) >= 11 is 0. The van der Waals surface area contributed by atoms with E-state index in [0.717, 1.165) is 43.2 Å². The highest BCUT2D eigenvalue weighted by Gasteiger charge is 2.24. The summed E-state index contributed by atoms with van der Waals surface area (Å²) in [5.41, 5.74) is 0.855. The van der Waals surface area contributed by atoms with Gasteiger partial charge in [0.05, 0.1) is 0 Å². The quantitative estimate of drug-likeness (QED) is 0.588. The summed E-state index contributed by atoms with van der Waals surface area (Å²) < 4.78 is 11.1. The van der Waals surface area contributed by atoms with Gasteiger partial charge in [-0.15, -0.1) is 0 Å². The van der Waals surface area contributed by atoms with Gasteiger partial charge in [-0.2, -0.15) is 4.98 Å². The Labute approximate surface area is 187 Å². The summed E-state index contributed by atoms with van der Waals surface area (Å²) in [4.78, 5) is 25.7. The second kappa shape index (κ2) is 9.38. The molecule has 8 nitrogen and oxygen atoms in total. The molecule has 3 heterocycles. The molecule has 0 spiro atoms. The van der Waals surface area contributed by atoms with E-state index in [9.17, 15) is 4.79 Å². The van der Waals surface area contributed by atoms with Crippen LogP contribution in [0.3, 0.4) is 0 Å². The van der Waals surface area contributed by atoms with Gasteiger partial charge in [-0.05, 0) is 37.1 Å². The molecule has 0 atom stereocenters. The van der Waals surface area contributed by atoms with E-state index in [1.165, 1.54) is 12.8 Å². The van der Waals surface area contributed by atoms with Crippen molar-refractivity contribution in [3.8, 4) is 17.1 Å². The molecule has 32 heavy (non-hydrogen) atoms. The minimum atomic E-state index is 0.00647. The predicted molar refractivity (Wildman–Crippen MR) is 119 cm³/mol. The number of carbonyl (C=O) groups excluding carboxylic acids is 1. The SMILES string of the molecule is O=C(COc1ccccc1)N1CCN(c2ccc(-c3noc(C4CCCC4)n3)cn2)CC1. The van der Waals surface area contributed by atoms with Crippen LogP contribution in [-0.2, 0) is 4.79 Å². The van der Waals surface area contributed by atoms with E-state index in [4.69, 9.17) is 9.26 Å². The number of anilines is 1. The topological polar surface area (TPSA) is 84.6 Å². The van der Waals surface area contributed by atoms with Gasteiger partial charge in [0.15, 0.2) is 6.61 Å². The molecule has 0 N–H and O–H groups in total. The number of rotatable bonds is 6. The van der Waals surface area contributed by atoms with Crippen LogP contribution in [0, 0.1) is 0 Å². The Balaban J connectivity index is 1.13. The molecule has 8 heteroatoms. The molecule has 3 aromatic rings. The zero-order valence-corrected chi connectivity index (χ0v) is 18.0. The number of benzene rings is 1. The van der Waals surface area contributed by atoms with Gasteiger partial charge >= 0.3 is 0 Å². The average molecular weight is 434 g/mol. The van der Waals surface area contributed by atoms with Gasteiger partial charge in [0.2, 0.25) is 11.7 Å². The van der Waals surface area contributed by atoms with E-state index in [0.29, 0.717) is 30.6 Å². The molecule has 1 aliphatic heterocycles. The van der Waals surface area contributed by atoms with Crippen molar-refractivity contribution in [1.29, 1.82) is 0 Å². The van der Waals surface area contributed by atoms with Gasteiger partial charge in [-0.1, -0.05) is 36.2 Å². The first-order valence-electron chi connectivity index (χ1n) is 11.3. The summed E-state index contributed by atoms with van der Waals surface area (Å²) in [5.74, 6) is 3.35. The second-order valence-corrected chi connectivity index (χ2v) is 8.31. The van der Waals surface area contributed by atoms with E-state index in [1.54, 1.807) is 6.20 Å². The van der Waals surface area contributed by atoms with Crippen molar-refractivity contribution in [3.05, 3.63) is 54.6 Å². The zero-order chi connectivity index (χ0) is 21.8. The minimum Gasteiger partial charge on any atom is -0.484 e. The van der Waals surface area contributed by atoms with Crippen molar-refractivity contribution in [2.45, 2.75) is 31.6 Å². The number of pyridine rings is 1. The number of hydrogen-bond acceptors (Lipinski definition) is 7. The van der Waals surface area contributed by atoms with Crippen molar-refractivity contribution in [3.63, 3.8) is 0 Å². The van der Waals surface area contributed by atoms with Gasteiger partial charge < -0.3 is 19.1 Å². The largest absolute Gasteiger partial charge is 0.484 e. The molecule has 1 aromatic carbocycles.